The van der Waals surface area contributed by atoms with Crippen LogP contribution in [0, 0.1) is 23.7 Å². The molecule has 4 saturated carbocycles. The van der Waals surface area contributed by atoms with E-state index in [0.717, 1.165) is 11.8 Å². The number of esters is 1. The smallest absolute Gasteiger partial charge is 0.297 e. The van der Waals surface area contributed by atoms with Crippen LogP contribution in [0.5, 0.6) is 0 Å². The van der Waals surface area contributed by atoms with Crippen molar-refractivity contribution in [1.29, 1.82) is 0 Å². The van der Waals surface area contributed by atoms with Crippen LogP contribution in [0.25, 0.3) is 0 Å². The van der Waals surface area contributed by atoms with Gasteiger partial charge in [0.15, 0.2) is 0 Å². The normalized spacial score (nSPS) is 49.3. The van der Waals surface area contributed by atoms with Gasteiger partial charge in [-0.25, -0.2) is 0 Å². The van der Waals surface area contributed by atoms with Crippen molar-refractivity contribution < 1.29 is 9.53 Å². The summed E-state index contributed by atoms with van der Waals surface area (Å²) in [6.07, 6.45) is 6.50. The highest BCUT2D eigenvalue weighted by Gasteiger charge is 2.56. The number of carbonyl (C=O) groups excluding carboxylic acids is 1. The van der Waals surface area contributed by atoms with Crippen molar-refractivity contribution in [1.82, 2.24) is 0 Å². The summed E-state index contributed by atoms with van der Waals surface area (Å²) in [6.45, 7) is 2.15. The average molecular weight is 218 g/mol. The second-order valence-corrected chi connectivity index (χ2v) is 6.17. The van der Waals surface area contributed by atoms with E-state index in [0.29, 0.717) is 11.8 Å². The van der Waals surface area contributed by atoms with Gasteiger partial charge in [0.2, 0.25) is 0 Å². The van der Waals surface area contributed by atoms with Crippen molar-refractivity contribution in [3.05, 3.63) is 0 Å². The number of hydrogen-bond acceptors (Lipinski definition) is 2. The summed E-state index contributed by atoms with van der Waals surface area (Å²) < 4.78 is 5.70. The lowest BCUT2D eigenvalue weighted by molar-refractivity contribution is -0.201. The molecule has 4 aliphatic rings. The molecule has 0 aromatic rings. The zero-order valence-electron chi connectivity index (χ0n) is 9.95. The van der Waals surface area contributed by atoms with Crippen molar-refractivity contribution >= 4 is 13.8 Å². The summed E-state index contributed by atoms with van der Waals surface area (Å²) in [5, 5.41) is 0. The molecule has 0 atom stereocenters. The van der Waals surface area contributed by atoms with E-state index in [1.54, 1.807) is 0 Å². The van der Waals surface area contributed by atoms with Gasteiger partial charge >= 0.3 is 0 Å². The van der Waals surface area contributed by atoms with Crippen LogP contribution >= 0.6 is 0 Å². The summed E-state index contributed by atoms with van der Waals surface area (Å²) >= 11 is 0. The molecule has 0 N–H and O–H groups in total. The Morgan fingerprint density at radius 3 is 2.12 bits per heavy atom. The van der Waals surface area contributed by atoms with Gasteiger partial charge in [0.25, 0.3) is 5.97 Å². The molecule has 4 aliphatic carbocycles. The van der Waals surface area contributed by atoms with Crippen LogP contribution in [0.3, 0.4) is 0 Å². The van der Waals surface area contributed by atoms with Crippen LogP contribution in [0.15, 0.2) is 0 Å². The minimum Gasteiger partial charge on any atom is -0.459 e. The van der Waals surface area contributed by atoms with Crippen molar-refractivity contribution in [3.63, 3.8) is 0 Å². The Hall–Kier alpha value is -0.465. The average Bonchev–Trinajstić information content (AvgIpc) is 2.25. The molecular weight excluding hydrogens is 199 g/mol. The first-order chi connectivity index (χ1) is 7.61. The van der Waals surface area contributed by atoms with E-state index in [1.165, 1.54) is 32.1 Å². The van der Waals surface area contributed by atoms with E-state index in [1.807, 2.05) is 0 Å². The third-order valence-electron chi connectivity index (χ3n) is 5.26. The molecule has 0 unspecified atom stereocenters. The Balaban J connectivity index is 1.82. The molecule has 16 heavy (non-hydrogen) atoms. The highest BCUT2D eigenvalue weighted by atomic mass is 16.6. The Bertz CT molecular complexity index is 285. The van der Waals surface area contributed by atoms with Crippen molar-refractivity contribution in [2.45, 2.75) is 50.9 Å². The van der Waals surface area contributed by atoms with Gasteiger partial charge < -0.3 is 4.74 Å². The number of ether oxygens (including phenoxy) is 1. The Morgan fingerprint density at radius 1 is 1.19 bits per heavy atom. The SMILES string of the molecule is [B]CC(=O)OC1(C)C2CC3CC(C2)CC1C3. The highest BCUT2D eigenvalue weighted by Crippen LogP contribution is 2.59. The quantitative estimate of drug-likeness (QED) is 0.525. The third-order valence-corrected chi connectivity index (χ3v) is 5.26. The van der Waals surface area contributed by atoms with Crippen LogP contribution in [-0.2, 0) is 9.53 Å². The summed E-state index contributed by atoms with van der Waals surface area (Å²) in [5.74, 6) is 2.78. The van der Waals surface area contributed by atoms with Gasteiger partial charge in [0.05, 0.1) is 7.85 Å². The zero-order valence-corrected chi connectivity index (χ0v) is 9.95. The maximum Gasteiger partial charge on any atom is 0.297 e. The van der Waals surface area contributed by atoms with Crippen molar-refractivity contribution in [2.24, 2.45) is 23.7 Å². The Morgan fingerprint density at radius 2 is 1.69 bits per heavy atom. The van der Waals surface area contributed by atoms with Crippen molar-refractivity contribution in [3.8, 4) is 0 Å². The van der Waals surface area contributed by atoms with E-state index >= 15 is 0 Å². The molecule has 4 bridgehead atoms. The second-order valence-electron chi connectivity index (χ2n) is 6.17. The number of rotatable bonds is 2. The van der Waals surface area contributed by atoms with Gasteiger partial charge in [-0.1, -0.05) is 0 Å². The minimum absolute atomic E-state index is 0.0158. The van der Waals surface area contributed by atoms with E-state index < -0.39 is 0 Å². The highest BCUT2D eigenvalue weighted by molar-refractivity contribution is 6.18. The van der Waals surface area contributed by atoms with Gasteiger partial charge in [-0.05, 0) is 62.7 Å². The zero-order chi connectivity index (χ0) is 11.3. The molecule has 86 valence electrons. The van der Waals surface area contributed by atoms with Crippen molar-refractivity contribution in [2.75, 3.05) is 0 Å². The first-order valence-corrected chi connectivity index (χ1v) is 6.53. The molecule has 0 aromatic heterocycles. The molecule has 0 saturated heterocycles. The monoisotopic (exact) mass is 218 g/mol. The Labute approximate surface area is 98.5 Å². The van der Waals surface area contributed by atoms with Gasteiger partial charge in [-0.15, -0.1) is 0 Å². The van der Waals surface area contributed by atoms with Crippen LogP contribution in [0.2, 0.25) is 6.32 Å². The second kappa shape index (κ2) is 3.51. The summed E-state index contributed by atoms with van der Waals surface area (Å²) in [7, 11) is 5.36. The molecule has 4 rings (SSSR count). The predicted molar refractivity (Wildman–Crippen MR) is 62.1 cm³/mol. The summed E-state index contributed by atoms with van der Waals surface area (Å²) in [5.41, 5.74) is -0.204. The van der Waals surface area contributed by atoms with Gasteiger partial charge in [-0.2, -0.15) is 0 Å². The van der Waals surface area contributed by atoms with Crippen LogP contribution in [0.4, 0.5) is 0 Å². The first-order valence-electron chi connectivity index (χ1n) is 6.53. The number of carbonyl (C=O) groups is 1. The molecular formula is C13H19BO2. The molecule has 4 fully saturated rings. The van der Waals surface area contributed by atoms with E-state index in [4.69, 9.17) is 12.6 Å². The van der Waals surface area contributed by atoms with E-state index in [2.05, 4.69) is 6.92 Å². The van der Waals surface area contributed by atoms with Crippen LogP contribution in [0.1, 0.15) is 39.0 Å². The predicted octanol–water partition coefficient (Wildman–Crippen LogP) is 2.33. The molecule has 0 heterocycles. The fourth-order valence-corrected chi connectivity index (χ4v) is 4.57. The van der Waals surface area contributed by atoms with Gasteiger partial charge in [0.1, 0.15) is 5.60 Å². The molecule has 0 amide bonds. The lowest BCUT2D eigenvalue weighted by Crippen LogP contribution is -2.57. The maximum absolute atomic E-state index is 11.5. The first kappa shape index (κ1) is 10.7. The third kappa shape index (κ3) is 1.43. The molecule has 3 heteroatoms. The van der Waals surface area contributed by atoms with Crippen LogP contribution in [-0.4, -0.2) is 19.4 Å². The summed E-state index contributed by atoms with van der Waals surface area (Å²) in [6, 6.07) is 0. The molecule has 0 aromatic carbocycles. The maximum atomic E-state index is 11.5. The summed E-state index contributed by atoms with van der Waals surface area (Å²) in [4.78, 5) is 11.5. The standard InChI is InChI=1S/C13H19BO2/c1-13(16-12(15)7-14)10-3-8-2-9(5-10)6-11(13)4-8/h8-11H,2-7H2,1H3. The fourth-order valence-electron chi connectivity index (χ4n) is 4.57. The largest absolute Gasteiger partial charge is 0.459 e. The van der Waals surface area contributed by atoms with E-state index in [-0.39, 0.29) is 17.9 Å². The lowest BCUT2D eigenvalue weighted by Gasteiger charge is -2.59. The molecule has 0 spiro atoms. The fraction of sp³-hybridized carbons (Fsp3) is 0.923. The van der Waals surface area contributed by atoms with Gasteiger partial charge in [0, 0.05) is 6.32 Å². The van der Waals surface area contributed by atoms with Crippen LogP contribution < -0.4 is 0 Å². The van der Waals surface area contributed by atoms with Gasteiger partial charge in [-0.3, -0.25) is 4.79 Å². The number of hydrogen-bond donors (Lipinski definition) is 0. The Kier molecular flexibility index (Phi) is 2.34. The minimum atomic E-state index is -0.227. The molecule has 2 nitrogen and oxygen atoms in total. The lowest BCUT2D eigenvalue weighted by atomic mass is 9.50. The molecule has 2 radical (unpaired) electrons. The topological polar surface area (TPSA) is 26.3 Å². The molecule has 0 aliphatic heterocycles. The van der Waals surface area contributed by atoms with E-state index in [9.17, 15) is 4.79 Å².